The molecule has 90 valence electrons. The molecular formula is C17H16O. The van der Waals surface area contributed by atoms with Gasteiger partial charge < -0.3 is 5.11 Å². The number of phenols is 1. The van der Waals surface area contributed by atoms with Crippen molar-refractivity contribution in [2.24, 2.45) is 0 Å². The average Bonchev–Trinajstić information content (AvgIpc) is 2.61. The van der Waals surface area contributed by atoms with E-state index >= 15 is 0 Å². The van der Waals surface area contributed by atoms with Crippen molar-refractivity contribution >= 4 is 11.6 Å². The molecule has 0 amide bonds. The smallest absolute Gasteiger partial charge is 0.115 e. The van der Waals surface area contributed by atoms with Crippen LogP contribution in [-0.4, -0.2) is 5.11 Å². The third-order valence-electron chi connectivity index (χ3n) is 3.49. The quantitative estimate of drug-likeness (QED) is 0.784. The second-order valence-corrected chi connectivity index (χ2v) is 4.77. The van der Waals surface area contributed by atoms with Gasteiger partial charge in [0.1, 0.15) is 5.75 Å². The van der Waals surface area contributed by atoms with Gasteiger partial charge in [-0.1, -0.05) is 42.5 Å². The molecule has 1 N–H and O–H groups in total. The van der Waals surface area contributed by atoms with E-state index in [1.165, 1.54) is 22.3 Å². The molecule has 0 unspecified atom stereocenters. The number of rotatable bonds is 1. The van der Waals surface area contributed by atoms with Crippen LogP contribution in [-0.2, 0) is 6.42 Å². The van der Waals surface area contributed by atoms with E-state index in [4.69, 9.17) is 0 Å². The Kier molecular flexibility index (Phi) is 2.89. The lowest BCUT2D eigenvalue weighted by Crippen LogP contribution is -1.86. The van der Waals surface area contributed by atoms with Gasteiger partial charge in [0.2, 0.25) is 0 Å². The van der Waals surface area contributed by atoms with Crippen LogP contribution in [0.2, 0.25) is 0 Å². The van der Waals surface area contributed by atoms with Crippen LogP contribution in [0.25, 0.3) is 11.6 Å². The Hall–Kier alpha value is -2.02. The van der Waals surface area contributed by atoms with Gasteiger partial charge in [-0.3, -0.25) is 0 Å². The maximum Gasteiger partial charge on any atom is 0.115 e. The highest BCUT2D eigenvalue weighted by atomic mass is 16.3. The van der Waals surface area contributed by atoms with Crippen molar-refractivity contribution in [3.05, 3.63) is 65.2 Å². The summed E-state index contributed by atoms with van der Waals surface area (Å²) in [6, 6.07) is 16.2. The molecule has 18 heavy (non-hydrogen) atoms. The number of hydrogen-bond acceptors (Lipinski definition) is 1. The first-order valence-corrected chi connectivity index (χ1v) is 6.41. The normalized spacial score (nSPS) is 14.6. The van der Waals surface area contributed by atoms with E-state index in [1.807, 2.05) is 18.2 Å². The van der Waals surface area contributed by atoms with Crippen LogP contribution in [0.1, 0.15) is 29.5 Å². The molecule has 0 radical (unpaired) electrons. The van der Waals surface area contributed by atoms with Crippen LogP contribution in [0, 0.1) is 0 Å². The largest absolute Gasteiger partial charge is 0.508 e. The minimum absolute atomic E-state index is 0.366. The first-order chi connectivity index (χ1) is 8.83. The molecule has 2 aromatic carbocycles. The van der Waals surface area contributed by atoms with Crippen LogP contribution in [0.4, 0.5) is 0 Å². The number of benzene rings is 2. The fraction of sp³-hybridized carbons (Fsp3) is 0.176. The molecular weight excluding hydrogens is 220 g/mol. The van der Waals surface area contributed by atoms with Crippen molar-refractivity contribution in [1.82, 2.24) is 0 Å². The Morgan fingerprint density at radius 1 is 0.889 bits per heavy atom. The Bertz CT molecular complexity index is 582. The van der Waals surface area contributed by atoms with E-state index in [-0.39, 0.29) is 0 Å². The highest BCUT2D eigenvalue weighted by Gasteiger charge is 2.10. The van der Waals surface area contributed by atoms with Crippen LogP contribution >= 0.6 is 0 Å². The van der Waals surface area contributed by atoms with Crippen molar-refractivity contribution in [3.63, 3.8) is 0 Å². The zero-order chi connectivity index (χ0) is 12.4. The Morgan fingerprint density at radius 3 is 2.56 bits per heavy atom. The lowest BCUT2D eigenvalue weighted by atomic mass is 10.0. The molecule has 0 aliphatic heterocycles. The van der Waals surface area contributed by atoms with Gasteiger partial charge in [-0.05, 0) is 53.7 Å². The van der Waals surface area contributed by atoms with E-state index in [0.29, 0.717) is 5.75 Å². The first kappa shape index (κ1) is 11.1. The van der Waals surface area contributed by atoms with Crippen LogP contribution in [0.3, 0.4) is 0 Å². The van der Waals surface area contributed by atoms with E-state index in [0.717, 1.165) is 19.3 Å². The van der Waals surface area contributed by atoms with Gasteiger partial charge in [0.05, 0.1) is 0 Å². The van der Waals surface area contributed by atoms with E-state index in [2.05, 4.69) is 30.3 Å². The number of hydrogen-bond donors (Lipinski definition) is 1. The molecule has 1 heteroatoms. The molecule has 1 nitrogen and oxygen atoms in total. The van der Waals surface area contributed by atoms with Crippen molar-refractivity contribution in [3.8, 4) is 5.75 Å². The molecule has 1 aliphatic carbocycles. The monoisotopic (exact) mass is 236 g/mol. The summed E-state index contributed by atoms with van der Waals surface area (Å²) in [6.45, 7) is 0. The number of phenolic OH excluding ortho intramolecular Hbond substituents is 1. The van der Waals surface area contributed by atoms with E-state index < -0.39 is 0 Å². The summed E-state index contributed by atoms with van der Waals surface area (Å²) in [5.41, 5.74) is 5.18. The van der Waals surface area contributed by atoms with Crippen molar-refractivity contribution in [2.45, 2.75) is 19.3 Å². The summed E-state index contributed by atoms with van der Waals surface area (Å²) < 4.78 is 0. The molecule has 0 saturated heterocycles. The summed E-state index contributed by atoms with van der Waals surface area (Å²) in [5.74, 6) is 0.366. The molecule has 0 bridgehead atoms. The van der Waals surface area contributed by atoms with E-state index in [1.54, 1.807) is 6.07 Å². The number of fused-ring (bicyclic) bond motifs is 1. The highest BCUT2D eigenvalue weighted by molar-refractivity contribution is 5.83. The molecule has 0 spiro atoms. The number of aromatic hydroxyl groups is 1. The Labute approximate surface area is 107 Å². The third-order valence-corrected chi connectivity index (χ3v) is 3.49. The molecule has 2 aromatic rings. The molecule has 0 saturated carbocycles. The summed E-state index contributed by atoms with van der Waals surface area (Å²) >= 11 is 0. The third kappa shape index (κ3) is 2.17. The summed E-state index contributed by atoms with van der Waals surface area (Å²) in [4.78, 5) is 0. The molecule has 0 aromatic heterocycles. The SMILES string of the molecule is Oc1ccc2c(c1)CCCC(c1ccccc1)=C2. The van der Waals surface area contributed by atoms with Gasteiger partial charge in [0.25, 0.3) is 0 Å². The lowest BCUT2D eigenvalue weighted by Gasteiger charge is -2.05. The molecule has 0 heterocycles. The summed E-state index contributed by atoms with van der Waals surface area (Å²) in [5, 5.41) is 9.54. The zero-order valence-corrected chi connectivity index (χ0v) is 10.3. The van der Waals surface area contributed by atoms with Crippen molar-refractivity contribution in [1.29, 1.82) is 0 Å². The van der Waals surface area contributed by atoms with Gasteiger partial charge in [0.15, 0.2) is 0 Å². The van der Waals surface area contributed by atoms with Crippen molar-refractivity contribution < 1.29 is 5.11 Å². The second kappa shape index (κ2) is 4.69. The maximum atomic E-state index is 9.54. The van der Waals surface area contributed by atoms with Crippen LogP contribution in [0.5, 0.6) is 5.75 Å². The summed E-state index contributed by atoms with van der Waals surface area (Å²) in [7, 11) is 0. The minimum atomic E-state index is 0.366. The highest BCUT2D eigenvalue weighted by Crippen LogP contribution is 2.30. The molecule has 0 fully saturated rings. The molecule has 1 aliphatic rings. The van der Waals surface area contributed by atoms with Gasteiger partial charge in [-0.15, -0.1) is 0 Å². The maximum absolute atomic E-state index is 9.54. The topological polar surface area (TPSA) is 20.2 Å². The lowest BCUT2D eigenvalue weighted by molar-refractivity contribution is 0.474. The predicted molar refractivity (Wildman–Crippen MR) is 75.4 cm³/mol. The molecule has 3 rings (SSSR count). The van der Waals surface area contributed by atoms with Gasteiger partial charge >= 0.3 is 0 Å². The van der Waals surface area contributed by atoms with E-state index in [9.17, 15) is 5.11 Å². The van der Waals surface area contributed by atoms with Gasteiger partial charge in [-0.25, -0.2) is 0 Å². The molecule has 0 atom stereocenters. The Balaban J connectivity index is 2.05. The van der Waals surface area contributed by atoms with Crippen molar-refractivity contribution in [2.75, 3.05) is 0 Å². The standard InChI is InChI=1S/C17H16O/c18-17-10-9-16-11-14(7-4-8-15(16)12-17)13-5-2-1-3-6-13/h1-3,5-6,9-12,18H,4,7-8H2. The van der Waals surface area contributed by atoms with Crippen LogP contribution in [0.15, 0.2) is 48.5 Å². The zero-order valence-electron chi connectivity index (χ0n) is 10.3. The fourth-order valence-electron chi connectivity index (χ4n) is 2.56. The minimum Gasteiger partial charge on any atom is -0.508 e. The fourth-order valence-corrected chi connectivity index (χ4v) is 2.56. The number of allylic oxidation sites excluding steroid dienone is 1. The summed E-state index contributed by atoms with van der Waals surface area (Å²) in [6.07, 6.45) is 5.53. The predicted octanol–water partition coefficient (Wildman–Crippen LogP) is 4.27. The van der Waals surface area contributed by atoms with Crippen LogP contribution < -0.4 is 0 Å². The number of aryl methyl sites for hydroxylation is 1. The van der Waals surface area contributed by atoms with Gasteiger partial charge in [0, 0.05) is 0 Å². The average molecular weight is 236 g/mol. The van der Waals surface area contributed by atoms with Gasteiger partial charge in [-0.2, -0.15) is 0 Å². The Morgan fingerprint density at radius 2 is 1.72 bits per heavy atom. The second-order valence-electron chi connectivity index (χ2n) is 4.77. The first-order valence-electron chi connectivity index (χ1n) is 6.41.